The van der Waals surface area contributed by atoms with E-state index in [0.717, 1.165) is 6.54 Å². The van der Waals surface area contributed by atoms with Crippen molar-refractivity contribution in [2.45, 2.75) is 39.7 Å². The van der Waals surface area contributed by atoms with Crippen molar-refractivity contribution in [1.29, 1.82) is 0 Å². The topological polar surface area (TPSA) is 85.3 Å². The summed E-state index contributed by atoms with van der Waals surface area (Å²) >= 11 is 0. The van der Waals surface area contributed by atoms with Crippen LogP contribution in [0.1, 0.15) is 33.6 Å². The number of nitrogens with zero attached hydrogens (tertiary/aromatic N) is 1. The van der Waals surface area contributed by atoms with Crippen molar-refractivity contribution >= 4 is 13.8 Å². The number of phosphoric acid groups is 1. The molecule has 0 spiro atoms. The molecule has 0 fully saturated rings. The second-order valence-electron chi connectivity index (χ2n) is 4.37. The Hall–Kier alpha value is -0.460. The summed E-state index contributed by atoms with van der Waals surface area (Å²) in [5, 5.41) is 0. The molecular weight excluding hydrogens is 285 g/mol. The second-order valence-corrected chi connectivity index (χ2v) is 5.82. The Morgan fingerprint density at radius 2 is 1.95 bits per heavy atom. The molecule has 0 aromatic heterocycles. The largest absolute Gasteiger partial charge is 0.472 e. The summed E-state index contributed by atoms with van der Waals surface area (Å²) in [7, 11) is -2.22. The summed E-state index contributed by atoms with van der Waals surface area (Å²) in [6.07, 6.45) is 0.224. The number of hydrogen-bond acceptors (Lipinski definition) is 6. The van der Waals surface area contributed by atoms with Gasteiger partial charge in [-0.05, 0) is 20.0 Å². The first-order chi connectivity index (χ1) is 9.34. The van der Waals surface area contributed by atoms with Crippen molar-refractivity contribution in [2.75, 3.05) is 33.4 Å². The average Bonchev–Trinajstić information content (AvgIpc) is 2.42. The number of carbonyl (C=O) groups is 1. The highest BCUT2D eigenvalue weighted by Gasteiger charge is 2.24. The standard InChI is InChI=1S/C12H26NO6P/c1-5-11(19-12(14)6-2)10-18-20(15,16)17-9-8-13(4)7-3/h11H,5-10H2,1-4H3,(H,15,16). The highest BCUT2D eigenvalue weighted by molar-refractivity contribution is 7.47. The first-order valence-corrected chi connectivity index (χ1v) is 8.34. The van der Waals surface area contributed by atoms with Gasteiger partial charge in [0.1, 0.15) is 6.10 Å². The van der Waals surface area contributed by atoms with E-state index >= 15 is 0 Å². The summed E-state index contributed by atoms with van der Waals surface area (Å²) in [5.41, 5.74) is 0. The van der Waals surface area contributed by atoms with Gasteiger partial charge in [0.05, 0.1) is 13.2 Å². The summed E-state index contributed by atoms with van der Waals surface area (Å²) < 4.78 is 26.3. The molecule has 0 saturated carbocycles. The maximum absolute atomic E-state index is 11.6. The van der Waals surface area contributed by atoms with E-state index in [1.165, 1.54) is 0 Å². The average molecular weight is 311 g/mol. The van der Waals surface area contributed by atoms with Crippen LogP contribution in [0.15, 0.2) is 0 Å². The molecule has 8 heteroatoms. The van der Waals surface area contributed by atoms with Gasteiger partial charge in [0, 0.05) is 13.0 Å². The van der Waals surface area contributed by atoms with E-state index < -0.39 is 13.9 Å². The third-order valence-electron chi connectivity index (χ3n) is 2.73. The van der Waals surface area contributed by atoms with Crippen LogP contribution in [0.3, 0.4) is 0 Å². The van der Waals surface area contributed by atoms with Crippen molar-refractivity contribution in [3.05, 3.63) is 0 Å². The van der Waals surface area contributed by atoms with Crippen molar-refractivity contribution < 1.29 is 28.0 Å². The molecule has 20 heavy (non-hydrogen) atoms. The number of hydrogen-bond donors (Lipinski definition) is 1. The fourth-order valence-electron chi connectivity index (χ4n) is 1.19. The molecule has 0 radical (unpaired) electrons. The first-order valence-electron chi connectivity index (χ1n) is 6.84. The van der Waals surface area contributed by atoms with Crippen LogP contribution in [0.4, 0.5) is 0 Å². The molecule has 120 valence electrons. The van der Waals surface area contributed by atoms with Crippen LogP contribution >= 0.6 is 7.82 Å². The smallest absolute Gasteiger partial charge is 0.460 e. The highest BCUT2D eigenvalue weighted by Crippen LogP contribution is 2.43. The summed E-state index contributed by atoms with van der Waals surface area (Å²) in [5.74, 6) is -0.362. The molecule has 2 unspecified atom stereocenters. The van der Waals surface area contributed by atoms with E-state index in [-0.39, 0.29) is 25.6 Å². The lowest BCUT2D eigenvalue weighted by molar-refractivity contribution is -0.150. The highest BCUT2D eigenvalue weighted by atomic mass is 31.2. The number of carbonyl (C=O) groups excluding carboxylic acids is 1. The molecule has 0 amide bonds. The van der Waals surface area contributed by atoms with Gasteiger partial charge in [-0.2, -0.15) is 0 Å². The van der Waals surface area contributed by atoms with Crippen LogP contribution in [0.5, 0.6) is 0 Å². The normalized spacial score (nSPS) is 15.9. The van der Waals surface area contributed by atoms with Crippen LogP contribution in [-0.4, -0.2) is 55.2 Å². The van der Waals surface area contributed by atoms with Gasteiger partial charge in [-0.25, -0.2) is 4.57 Å². The van der Waals surface area contributed by atoms with E-state index in [1.807, 2.05) is 18.9 Å². The van der Waals surface area contributed by atoms with Gasteiger partial charge in [-0.1, -0.05) is 20.8 Å². The van der Waals surface area contributed by atoms with Crippen LogP contribution in [0.2, 0.25) is 0 Å². The van der Waals surface area contributed by atoms with Crippen molar-refractivity contribution in [3.63, 3.8) is 0 Å². The maximum Gasteiger partial charge on any atom is 0.472 e. The van der Waals surface area contributed by atoms with Crippen LogP contribution in [0, 0.1) is 0 Å². The molecule has 7 nitrogen and oxygen atoms in total. The van der Waals surface area contributed by atoms with Crippen LogP contribution in [0.25, 0.3) is 0 Å². The van der Waals surface area contributed by atoms with Crippen molar-refractivity contribution in [1.82, 2.24) is 4.90 Å². The lowest BCUT2D eigenvalue weighted by Crippen LogP contribution is -2.24. The fourth-order valence-corrected chi connectivity index (χ4v) is 1.93. The molecule has 1 N–H and O–H groups in total. The number of ether oxygens (including phenoxy) is 1. The monoisotopic (exact) mass is 311 g/mol. The molecule has 0 aliphatic heterocycles. The predicted molar refractivity (Wildman–Crippen MR) is 75.4 cm³/mol. The zero-order valence-corrected chi connectivity index (χ0v) is 13.6. The number of rotatable bonds is 11. The zero-order valence-electron chi connectivity index (χ0n) is 12.7. The first kappa shape index (κ1) is 19.5. The van der Waals surface area contributed by atoms with E-state index in [0.29, 0.717) is 13.0 Å². The molecule has 2 atom stereocenters. The Kier molecular flexibility index (Phi) is 10.1. The van der Waals surface area contributed by atoms with Gasteiger partial charge in [0.15, 0.2) is 0 Å². The minimum Gasteiger partial charge on any atom is -0.460 e. The van der Waals surface area contributed by atoms with E-state index in [1.54, 1.807) is 13.8 Å². The molecular formula is C12H26NO6P. The zero-order chi connectivity index (χ0) is 15.6. The third kappa shape index (κ3) is 9.44. The van der Waals surface area contributed by atoms with E-state index in [4.69, 9.17) is 13.8 Å². The lowest BCUT2D eigenvalue weighted by atomic mass is 10.3. The summed E-state index contributed by atoms with van der Waals surface area (Å²) in [6, 6.07) is 0. The Bertz CT molecular complexity index is 325. The Morgan fingerprint density at radius 1 is 1.30 bits per heavy atom. The van der Waals surface area contributed by atoms with E-state index in [2.05, 4.69) is 0 Å². The molecule has 0 heterocycles. The Morgan fingerprint density at radius 3 is 2.45 bits per heavy atom. The van der Waals surface area contributed by atoms with Gasteiger partial charge in [0.2, 0.25) is 0 Å². The molecule has 0 rings (SSSR count). The fraction of sp³-hybridized carbons (Fsp3) is 0.917. The van der Waals surface area contributed by atoms with Gasteiger partial charge in [-0.3, -0.25) is 13.8 Å². The summed E-state index contributed by atoms with van der Waals surface area (Å²) in [6.45, 7) is 6.76. The summed E-state index contributed by atoms with van der Waals surface area (Å²) in [4.78, 5) is 22.6. The second kappa shape index (κ2) is 10.3. The quantitative estimate of drug-likeness (QED) is 0.460. The molecule has 0 aliphatic carbocycles. The minimum atomic E-state index is -4.10. The molecule has 0 aromatic carbocycles. The Balaban J connectivity index is 4.05. The molecule has 0 saturated heterocycles. The molecule has 0 aliphatic rings. The molecule has 0 aromatic rings. The maximum atomic E-state index is 11.6. The van der Waals surface area contributed by atoms with Gasteiger partial charge in [-0.15, -0.1) is 0 Å². The lowest BCUT2D eigenvalue weighted by Gasteiger charge is -2.19. The number of phosphoric ester groups is 1. The van der Waals surface area contributed by atoms with Gasteiger partial charge in [0.25, 0.3) is 0 Å². The minimum absolute atomic E-state index is 0.101. The molecule has 0 bridgehead atoms. The van der Waals surface area contributed by atoms with Crippen molar-refractivity contribution in [3.8, 4) is 0 Å². The van der Waals surface area contributed by atoms with Crippen LogP contribution in [-0.2, 0) is 23.1 Å². The predicted octanol–water partition coefficient (Wildman–Crippen LogP) is 1.80. The Labute approximate surface area is 120 Å². The van der Waals surface area contributed by atoms with Gasteiger partial charge >= 0.3 is 13.8 Å². The van der Waals surface area contributed by atoms with E-state index in [9.17, 15) is 14.3 Å². The number of esters is 1. The van der Waals surface area contributed by atoms with Crippen molar-refractivity contribution in [2.24, 2.45) is 0 Å². The third-order valence-corrected chi connectivity index (χ3v) is 3.72. The van der Waals surface area contributed by atoms with Gasteiger partial charge < -0.3 is 14.5 Å². The number of likely N-dealkylation sites (N-methyl/N-ethyl adjacent to an activating group) is 1. The SMILES string of the molecule is CCC(=O)OC(CC)COP(=O)(O)OCCN(C)CC. The van der Waals surface area contributed by atoms with Crippen LogP contribution < -0.4 is 0 Å².